The number of halogens is 3. The van der Waals surface area contributed by atoms with Gasteiger partial charge in [0.05, 0.1) is 18.2 Å². The van der Waals surface area contributed by atoms with Crippen LogP contribution < -0.4 is 5.32 Å². The van der Waals surface area contributed by atoms with Gasteiger partial charge in [-0.3, -0.25) is 4.90 Å². The Hall–Kier alpha value is -0.390. The zero-order chi connectivity index (χ0) is 15.2. The number of ether oxygens (including phenoxy) is 1. The summed E-state index contributed by atoms with van der Waals surface area (Å²) in [6, 6.07) is 2.76. The fourth-order valence-electron chi connectivity index (χ4n) is 2.49. The third kappa shape index (κ3) is 4.80. The number of hydrogen-bond donors (Lipinski definition) is 1. The molecule has 2 rings (SSSR count). The standard InChI is InChI=1S/C15H21Cl2FN2O/c1-11(14-12(16)3-4-13(18)15(14)17)19-5-2-6-20-7-9-21-10-8-20/h3-4,11,19H,2,5-10H2,1H3. The van der Waals surface area contributed by atoms with Crippen molar-refractivity contribution in [2.75, 3.05) is 39.4 Å². The molecule has 1 atom stereocenters. The summed E-state index contributed by atoms with van der Waals surface area (Å²) in [5.41, 5.74) is 0.629. The molecular weight excluding hydrogens is 314 g/mol. The number of nitrogens with zero attached hydrogens (tertiary/aromatic N) is 1. The zero-order valence-corrected chi connectivity index (χ0v) is 13.7. The van der Waals surface area contributed by atoms with E-state index < -0.39 is 5.82 Å². The van der Waals surface area contributed by atoms with Crippen molar-refractivity contribution in [2.45, 2.75) is 19.4 Å². The summed E-state index contributed by atoms with van der Waals surface area (Å²) >= 11 is 12.1. The summed E-state index contributed by atoms with van der Waals surface area (Å²) < 4.78 is 18.8. The average molecular weight is 335 g/mol. The molecule has 1 N–H and O–H groups in total. The van der Waals surface area contributed by atoms with Crippen LogP contribution in [-0.2, 0) is 4.74 Å². The lowest BCUT2D eigenvalue weighted by molar-refractivity contribution is 0.0374. The van der Waals surface area contributed by atoms with Crippen LogP contribution in [0.25, 0.3) is 0 Å². The third-order valence-electron chi connectivity index (χ3n) is 3.72. The molecule has 0 saturated carbocycles. The van der Waals surface area contributed by atoms with Crippen molar-refractivity contribution >= 4 is 23.2 Å². The maximum absolute atomic E-state index is 13.5. The van der Waals surface area contributed by atoms with Gasteiger partial charge in [0.25, 0.3) is 0 Å². The molecule has 0 aliphatic carbocycles. The van der Waals surface area contributed by atoms with Crippen LogP contribution in [0.15, 0.2) is 12.1 Å². The molecule has 1 unspecified atom stereocenters. The fraction of sp³-hybridized carbons (Fsp3) is 0.600. The fourth-order valence-corrected chi connectivity index (χ4v) is 3.19. The molecule has 118 valence electrons. The van der Waals surface area contributed by atoms with E-state index in [2.05, 4.69) is 10.2 Å². The Labute approximate surface area is 135 Å². The molecule has 0 aromatic heterocycles. The van der Waals surface area contributed by atoms with Gasteiger partial charge < -0.3 is 10.1 Å². The van der Waals surface area contributed by atoms with Crippen molar-refractivity contribution < 1.29 is 9.13 Å². The molecular formula is C15H21Cl2FN2O. The van der Waals surface area contributed by atoms with Crippen molar-refractivity contribution in [1.29, 1.82) is 0 Å². The second kappa shape index (κ2) is 8.30. The molecule has 1 aliphatic rings. The van der Waals surface area contributed by atoms with E-state index in [9.17, 15) is 4.39 Å². The monoisotopic (exact) mass is 334 g/mol. The van der Waals surface area contributed by atoms with E-state index in [0.717, 1.165) is 45.8 Å². The maximum atomic E-state index is 13.5. The highest BCUT2D eigenvalue weighted by Gasteiger charge is 2.16. The average Bonchev–Trinajstić information content (AvgIpc) is 2.49. The second-order valence-electron chi connectivity index (χ2n) is 5.24. The molecule has 0 bridgehead atoms. The predicted octanol–water partition coefficient (Wildman–Crippen LogP) is 3.51. The summed E-state index contributed by atoms with van der Waals surface area (Å²) in [5.74, 6) is -0.432. The van der Waals surface area contributed by atoms with Gasteiger partial charge in [0.2, 0.25) is 0 Å². The van der Waals surface area contributed by atoms with Crippen molar-refractivity contribution in [3.8, 4) is 0 Å². The first-order valence-corrected chi connectivity index (χ1v) is 8.02. The SMILES string of the molecule is CC(NCCCN1CCOCC1)c1c(Cl)ccc(F)c1Cl. The number of benzene rings is 1. The first-order chi connectivity index (χ1) is 10.1. The van der Waals surface area contributed by atoms with Gasteiger partial charge >= 0.3 is 0 Å². The molecule has 1 aromatic rings. The molecule has 21 heavy (non-hydrogen) atoms. The van der Waals surface area contributed by atoms with Gasteiger partial charge in [-0.25, -0.2) is 4.39 Å². The van der Waals surface area contributed by atoms with E-state index in [1.165, 1.54) is 6.07 Å². The van der Waals surface area contributed by atoms with Crippen molar-refractivity contribution in [3.05, 3.63) is 33.6 Å². The summed E-state index contributed by atoms with van der Waals surface area (Å²) in [6.07, 6.45) is 1.02. The quantitative estimate of drug-likeness (QED) is 0.636. The third-order valence-corrected chi connectivity index (χ3v) is 4.43. The molecule has 1 aromatic carbocycles. The minimum Gasteiger partial charge on any atom is -0.379 e. The molecule has 6 heteroatoms. The summed E-state index contributed by atoms with van der Waals surface area (Å²) in [7, 11) is 0. The predicted molar refractivity (Wildman–Crippen MR) is 84.7 cm³/mol. The minimum absolute atomic E-state index is 0.0783. The van der Waals surface area contributed by atoms with Crippen molar-refractivity contribution in [3.63, 3.8) is 0 Å². The van der Waals surface area contributed by atoms with Crippen LogP contribution in [0.1, 0.15) is 24.9 Å². The Balaban J connectivity index is 1.79. The summed E-state index contributed by atoms with van der Waals surface area (Å²) in [5, 5.41) is 3.96. The van der Waals surface area contributed by atoms with E-state index in [0.29, 0.717) is 10.6 Å². The molecule has 0 radical (unpaired) electrons. The maximum Gasteiger partial charge on any atom is 0.142 e. The highest BCUT2D eigenvalue weighted by molar-refractivity contribution is 6.36. The molecule has 1 fully saturated rings. The van der Waals surface area contributed by atoms with E-state index in [1.54, 1.807) is 6.07 Å². The topological polar surface area (TPSA) is 24.5 Å². The molecule has 1 aliphatic heterocycles. The van der Waals surface area contributed by atoms with Gasteiger partial charge in [-0.15, -0.1) is 0 Å². The van der Waals surface area contributed by atoms with E-state index in [-0.39, 0.29) is 11.1 Å². The summed E-state index contributed by atoms with van der Waals surface area (Å²) in [4.78, 5) is 2.39. The van der Waals surface area contributed by atoms with Gasteiger partial charge in [0, 0.05) is 29.7 Å². The second-order valence-corrected chi connectivity index (χ2v) is 6.03. The number of nitrogens with one attached hydrogen (secondary N) is 1. The van der Waals surface area contributed by atoms with Crippen LogP contribution in [-0.4, -0.2) is 44.3 Å². The normalized spacial score (nSPS) is 17.9. The van der Waals surface area contributed by atoms with E-state index in [1.807, 2.05) is 6.92 Å². The number of rotatable bonds is 6. The van der Waals surface area contributed by atoms with Gasteiger partial charge in [0.15, 0.2) is 0 Å². The molecule has 3 nitrogen and oxygen atoms in total. The van der Waals surface area contributed by atoms with E-state index in [4.69, 9.17) is 27.9 Å². The van der Waals surface area contributed by atoms with Gasteiger partial charge in [-0.2, -0.15) is 0 Å². The molecule has 1 saturated heterocycles. The first kappa shape index (κ1) is 17.0. The van der Waals surface area contributed by atoms with E-state index >= 15 is 0 Å². The van der Waals surface area contributed by atoms with Crippen LogP contribution >= 0.6 is 23.2 Å². The Morgan fingerprint density at radius 3 is 2.76 bits per heavy atom. The molecule has 0 amide bonds. The van der Waals surface area contributed by atoms with Crippen LogP contribution in [0.4, 0.5) is 4.39 Å². The van der Waals surface area contributed by atoms with Crippen LogP contribution in [0.2, 0.25) is 10.0 Å². The first-order valence-electron chi connectivity index (χ1n) is 7.26. The Kier molecular flexibility index (Phi) is 6.71. The van der Waals surface area contributed by atoms with Crippen molar-refractivity contribution in [2.24, 2.45) is 0 Å². The zero-order valence-electron chi connectivity index (χ0n) is 12.2. The largest absolute Gasteiger partial charge is 0.379 e. The lowest BCUT2D eigenvalue weighted by Crippen LogP contribution is -2.37. The number of hydrogen-bond acceptors (Lipinski definition) is 3. The van der Waals surface area contributed by atoms with Gasteiger partial charge in [0.1, 0.15) is 5.82 Å². The van der Waals surface area contributed by atoms with Crippen molar-refractivity contribution in [1.82, 2.24) is 10.2 Å². The molecule has 0 spiro atoms. The molecule has 1 heterocycles. The highest BCUT2D eigenvalue weighted by atomic mass is 35.5. The van der Waals surface area contributed by atoms with Crippen LogP contribution in [0.5, 0.6) is 0 Å². The van der Waals surface area contributed by atoms with Crippen LogP contribution in [0, 0.1) is 5.82 Å². The Morgan fingerprint density at radius 2 is 2.05 bits per heavy atom. The van der Waals surface area contributed by atoms with Gasteiger partial charge in [-0.1, -0.05) is 23.2 Å². The Bertz CT molecular complexity index is 467. The summed E-state index contributed by atoms with van der Waals surface area (Å²) in [6.45, 7) is 7.45. The lowest BCUT2D eigenvalue weighted by atomic mass is 10.1. The minimum atomic E-state index is -0.432. The Morgan fingerprint density at radius 1 is 1.33 bits per heavy atom. The van der Waals surface area contributed by atoms with Gasteiger partial charge in [-0.05, 0) is 38.6 Å². The highest BCUT2D eigenvalue weighted by Crippen LogP contribution is 2.32. The lowest BCUT2D eigenvalue weighted by Gasteiger charge is -2.26. The number of morpholine rings is 1. The smallest absolute Gasteiger partial charge is 0.142 e. The van der Waals surface area contributed by atoms with Crippen LogP contribution in [0.3, 0.4) is 0 Å².